The average Bonchev–Trinajstić information content (AvgIpc) is 2.79. The van der Waals surface area contributed by atoms with Gasteiger partial charge >= 0.3 is 6.18 Å². The smallest absolute Gasteiger partial charge is 0.270 e. The van der Waals surface area contributed by atoms with Crippen molar-refractivity contribution in [3.05, 3.63) is 52.6 Å². The number of nitrogens with zero attached hydrogens (tertiary/aromatic N) is 1. The molecule has 0 aliphatic heterocycles. The third-order valence-electron chi connectivity index (χ3n) is 3.05. The monoisotopic (exact) mass is 340 g/mol. The highest BCUT2D eigenvalue weighted by atomic mass is 79.9. The van der Waals surface area contributed by atoms with Crippen molar-refractivity contribution in [3.8, 4) is 11.1 Å². The van der Waals surface area contributed by atoms with Crippen molar-refractivity contribution in [3.63, 3.8) is 0 Å². The Hall–Kier alpha value is -1.82. The third-order valence-corrected chi connectivity index (χ3v) is 3.66. The Morgan fingerprint density at radius 3 is 2.55 bits per heavy atom. The normalized spacial score (nSPS) is 12.0. The van der Waals surface area contributed by atoms with Gasteiger partial charge in [0.15, 0.2) is 0 Å². The highest BCUT2D eigenvalue weighted by Crippen LogP contribution is 2.37. The molecule has 0 saturated heterocycles. The van der Waals surface area contributed by atoms with Gasteiger partial charge in [-0.3, -0.25) is 5.10 Å². The first kappa shape index (κ1) is 13.2. The fourth-order valence-corrected chi connectivity index (χ4v) is 2.55. The molecule has 3 aromatic rings. The lowest BCUT2D eigenvalue weighted by molar-refractivity contribution is -0.137. The molecule has 1 aromatic heterocycles. The van der Waals surface area contributed by atoms with Crippen molar-refractivity contribution < 1.29 is 13.2 Å². The van der Waals surface area contributed by atoms with Crippen LogP contribution in [0.4, 0.5) is 13.2 Å². The fourth-order valence-electron chi connectivity index (χ4n) is 2.13. The summed E-state index contributed by atoms with van der Waals surface area (Å²) >= 11 is 3.30. The van der Waals surface area contributed by atoms with Gasteiger partial charge in [-0.15, -0.1) is 0 Å². The van der Waals surface area contributed by atoms with Crippen LogP contribution in [-0.4, -0.2) is 10.2 Å². The van der Waals surface area contributed by atoms with Crippen molar-refractivity contribution in [2.75, 3.05) is 0 Å². The van der Waals surface area contributed by atoms with Crippen LogP contribution in [0.1, 0.15) is 5.56 Å². The molecule has 1 N–H and O–H groups in total. The van der Waals surface area contributed by atoms with Crippen molar-refractivity contribution in [2.45, 2.75) is 6.18 Å². The summed E-state index contributed by atoms with van der Waals surface area (Å²) in [6.45, 7) is 0. The Labute approximate surface area is 120 Å². The fraction of sp³-hybridized carbons (Fsp3) is 0.0714. The second kappa shape index (κ2) is 4.63. The van der Waals surface area contributed by atoms with E-state index >= 15 is 0 Å². The molecule has 0 saturated carbocycles. The van der Waals surface area contributed by atoms with Gasteiger partial charge in [0.05, 0.1) is 11.1 Å². The molecule has 0 atom stereocenters. The van der Waals surface area contributed by atoms with Crippen LogP contribution < -0.4 is 0 Å². The van der Waals surface area contributed by atoms with E-state index in [9.17, 15) is 13.2 Å². The number of hydrogen-bond donors (Lipinski definition) is 1. The first-order valence-corrected chi connectivity index (χ1v) is 6.56. The minimum atomic E-state index is -4.38. The van der Waals surface area contributed by atoms with Gasteiger partial charge in [0.25, 0.3) is 0 Å². The number of halogens is 4. The molecule has 0 radical (unpaired) electrons. The molecule has 0 aliphatic carbocycles. The van der Waals surface area contributed by atoms with Gasteiger partial charge < -0.3 is 0 Å². The minimum absolute atomic E-state index is 0.154. The third kappa shape index (κ3) is 2.20. The zero-order valence-corrected chi connectivity index (χ0v) is 11.6. The summed E-state index contributed by atoms with van der Waals surface area (Å²) < 4.78 is 39.8. The zero-order chi connectivity index (χ0) is 14.3. The molecule has 0 spiro atoms. The van der Waals surface area contributed by atoms with Crippen LogP contribution in [0, 0.1) is 0 Å². The quantitative estimate of drug-likeness (QED) is 0.662. The molecular formula is C14H8BrF3N2. The molecule has 0 fully saturated rings. The summed E-state index contributed by atoms with van der Waals surface area (Å²) in [4.78, 5) is 0. The molecule has 0 aliphatic rings. The van der Waals surface area contributed by atoms with E-state index in [1.54, 1.807) is 24.3 Å². The van der Waals surface area contributed by atoms with Gasteiger partial charge in [-0.1, -0.05) is 24.3 Å². The number of H-pyrrole nitrogens is 1. The number of aromatic nitrogens is 2. The average molecular weight is 341 g/mol. The van der Waals surface area contributed by atoms with Crippen molar-refractivity contribution in [1.82, 2.24) is 10.2 Å². The number of alkyl halides is 3. The summed E-state index contributed by atoms with van der Waals surface area (Å²) in [6.07, 6.45) is -4.38. The molecule has 2 nitrogen and oxygen atoms in total. The molecule has 2 aromatic carbocycles. The van der Waals surface area contributed by atoms with Gasteiger partial charge in [-0.2, -0.15) is 18.3 Å². The summed E-state index contributed by atoms with van der Waals surface area (Å²) in [5.41, 5.74) is 0.616. The Morgan fingerprint density at radius 2 is 1.80 bits per heavy atom. The lowest BCUT2D eigenvalue weighted by Crippen LogP contribution is -2.06. The lowest BCUT2D eigenvalue weighted by Gasteiger charge is -2.12. The van der Waals surface area contributed by atoms with Crippen LogP contribution in [0.5, 0.6) is 0 Å². The molecule has 6 heteroatoms. The molecule has 3 rings (SSSR count). The van der Waals surface area contributed by atoms with E-state index in [-0.39, 0.29) is 5.56 Å². The van der Waals surface area contributed by atoms with E-state index in [2.05, 4.69) is 26.1 Å². The van der Waals surface area contributed by atoms with Crippen molar-refractivity contribution >= 4 is 26.8 Å². The second-order valence-electron chi connectivity index (χ2n) is 4.31. The molecule has 1 heterocycles. The highest BCUT2D eigenvalue weighted by Gasteiger charge is 2.33. The highest BCUT2D eigenvalue weighted by molar-refractivity contribution is 9.10. The van der Waals surface area contributed by atoms with Crippen molar-refractivity contribution in [1.29, 1.82) is 0 Å². The van der Waals surface area contributed by atoms with E-state index in [0.29, 0.717) is 15.7 Å². The Bertz CT molecular complexity index is 777. The van der Waals surface area contributed by atoms with Gasteiger partial charge in [0.2, 0.25) is 0 Å². The number of benzene rings is 2. The summed E-state index contributed by atoms with van der Waals surface area (Å²) in [5.74, 6) is 0. The maximum Gasteiger partial charge on any atom is 0.417 e. The van der Waals surface area contributed by atoms with E-state index < -0.39 is 11.7 Å². The van der Waals surface area contributed by atoms with Gasteiger partial charge in [0.1, 0.15) is 4.60 Å². The minimum Gasteiger partial charge on any atom is -0.270 e. The Balaban J connectivity index is 2.21. The molecule has 0 bridgehead atoms. The van der Waals surface area contributed by atoms with Gasteiger partial charge in [0, 0.05) is 5.39 Å². The Morgan fingerprint density at radius 1 is 1.05 bits per heavy atom. The van der Waals surface area contributed by atoms with Gasteiger partial charge in [-0.25, -0.2) is 0 Å². The second-order valence-corrected chi connectivity index (χ2v) is 5.11. The maximum atomic E-state index is 13.0. The van der Waals surface area contributed by atoms with Crippen molar-refractivity contribution in [2.24, 2.45) is 0 Å². The topological polar surface area (TPSA) is 28.7 Å². The lowest BCUT2D eigenvalue weighted by atomic mass is 9.98. The number of hydrogen-bond acceptors (Lipinski definition) is 1. The van der Waals surface area contributed by atoms with E-state index in [1.807, 2.05) is 0 Å². The van der Waals surface area contributed by atoms with Crippen LogP contribution >= 0.6 is 15.9 Å². The molecular weight excluding hydrogens is 333 g/mol. The summed E-state index contributed by atoms with van der Waals surface area (Å²) in [6, 6.07) is 10.6. The molecule has 0 unspecified atom stereocenters. The Kier molecular flexibility index (Phi) is 3.05. The van der Waals surface area contributed by atoms with Gasteiger partial charge in [-0.05, 0) is 45.3 Å². The first-order valence-electron chi connectivity index (χ1n) is 5.77. The molecule has 102 valence electrons. The van der Waals surface area contributed by atoms with E-state index in [1.165, 1.54) is 12.1 Å². The molecule has 0 amide bonds. The van der Waals surface area contributed by atoms with Crippen LogP contribution in [0.3, 0.4) is 0 Å². The molecule has 20 heavy (non-hydrogen) atoms. The van der Waals surface area contributed by atoms with E-state index in [0.717, 1.165) is 11.5 Å². The maximum absolute atomic E-state index is 13.0. The predicted octanol–water partition coefficient (Wildman–Crippen LogP) is 5.01. The largest absolute Gasteiger partial charge is 0.417 e. The zero-order valence-electron chi connectivity index (χ0n) is 10.0. The SMILES string of the molecule is FC(F)(F)c1ccccc1-c1ccc2c(Br)[nH]nc2c1. The van der Waals surface area contributed by atoms with E-state index in [4.69, 9.17) is 0 Å². The first-order chi connectivity index (χ1) is 9.47. The standard InChI is InChI=1S/C14H8BrF3N2/c15-13-10-6-5-8(7-12(10)19-20-13)9-3-1-2-4-11(9)14(16,17)18/h1-7H,(H,19,20). The number of nitrogens with one attached hydrogen (secondary N) is 1. The van der Waals surface area contributed by atoms with Crippen LogP contribution in [0.15, 0.2) is 47.1 Å². The number of rotatable bonds is 1. The number of aromatic amines is 1. The van der Waals surface area contributed by atoms with Crippen LogP contribution in [0.2, 0.25) is 0 Å². The summed E-state index contributed by atoms with van der Waals surface area (Å²) in [5, 5.41) is 7.62. The van der Waals surface area contributed by atoms with Crippen LogP contribution in [0.25, 0.3) is 22.0 Å². The van der Waals surface area contributed by atoms with Crippen LogP contribution in [-0.2, 0) is 6.18 Å². The number of fused-ring (bicyclic) bond motifs is 1. The summed E-state index contributed by atoms with van der Waals surface area (Å²) in [7, 11) is 0. The predicted molar refractivity (Wildman–Crippen MR) is 74.2 cm³/mol.